The van der Waals surface area contributed by atoms with E-state index in [1.165, 1.54) is 17.3 Å². The van der Waals surface area contributed by atoms with E-state index in [2.05, 4.69) is 15.3 Å². The third-order valence-corrected chi connectivity index (χ3v) is 4.45. The first-order valence-corrected chi connectivity index (χ1v) is 9.56. The summed E-state index contributed by atoms with van der Waals surface area (Å²) in [5, 5.41) is 3.66. The van der Waals surface area contributed by atoms with Crippen molar-refractivity contribution in [1.29, 1.82) is 0 Å². The molecule has 0 spiro atoms. The second-order valence-electron chi connectivity index (χ2n) is 5.87. The van der Waals surface area contributed by atoms with Gasteiger partial charge in [0, 0.05) is 17.8 Å². The van der Waals surface area contributed by atoms with Gasteiger partial charge in [0.1, 0.15) is 12.4 Å². The van der Waals surface area contributed by atoms with Crippen molar-refractivity contribution >= 4 is 17.7 Å². The SMILES string of the molecule is CSc1nc(C)c(CCC(=O)NCCOc2ccc(C)cc2)c(C)n1. The predicted molar refractivity (Wildman–Crippen MR) is 101 cm³/mol. The van der Waals surface area contributed by atoms with Crippen LogP contribution in [0.4, 0.5) is 0 Å². The van der Waals surface area contributed by atoms with Crippen molar-refractivity contribution in [3.05, 3.63) is 46.8 Å². The first-order valence-electron chi connectivity index (χ1n) is 8.34. The number of nitrogens with one attached hydrogen (secondary N) is 1. The van der Waals surface area contributed by atoms with Crippen molar-refractivity contribution in [3.63, 3.8) is 0 Å². The van der Waals surface area contributed by atoms with Gasteiger partial charge in [0.2, 0.25) is 5.91 Å². The topological polar surface area (TPSA) is 64.1 Å². The highest BCUT2D eigenvalue weighted by molar-refractivity contribution is 7.98. The molecule has 0 aliphatic rings. The van der Waals surface area contributed by atoms with Crippen LogP contribution in [-0.2, 0) is 11.2 Å². The average molecular weight is 359 g/mol. The molecule has 1 heterocycles. The molecule has 0 unspecified atom stereocenters. The van der Waals surface area contributed by atoms with Crippen molar-refractivity contribution in [3.8, 4) is 5.75 Å². The molecule has 2 rings (SSSR count). The molecular formula is C19H25N3O2S. The number of aryl methyl sites for hydroxylation is 3. The highest BCUT2D eigenvalue weighted by atomic mass is 32.2. The van der Waals surface area contributed by atoms with E-state index in [9.17, 15) is 4.79 Å². The van der Waals surface area contributed by atoms with Crippen LogP contribution in [0, 0.1) is 20.8 Å². The van der Waals surface area contributed by atoms with E-state index < -0.39 is 0 Å². The van der Waals surface area contributed by atoms with Gasteiger partial charge in [-0.25, -0.2) is 9.97 Å². The molecule has 0 aliphatic heterocycles. The highest BCUT2D eigenvalue weighted by Crippen LogP contribution is 2.17. The lowest BCUT2D eigenvalue weighted by molar-refractivity contribution is -0.121. The van der Waals surface area contributed by atoms with Crippen LogP contribution in [0.3, 0.4) is 0 Å². The Kier molecular flexibility index (Phi) is 7.25. The maximum Gasteiger partial charge on any atom is 0.220 e. The standard InChI is InChI=1S/C19H25N3O2S/c1-13-5-7-16(8-6-13)24-12-11-20-18(23)10-9-17-14(2)21-19(25-4)22-15(17)3/h5-8H,9-12H2,1-4H3,(H,20,23). The normalized spacial score (nSPS) is 10.6. The monoisotopic (exact) mass is 359 g/mol. The van der Waals surface area contributed by atoms with Crippen molar-refractivity contribution < 1.29 is 9.53 Å². The van der Waals surface area contributed by atoms with E-state index in [1.54, 1.807) is 0 Å². The van der Waals surface area contributed by atoms with E-state index in [0.717, 1.165) is 27.9 Å². The summed E-state index contributed by atoms with van der Waals surface area (Å²) in [6, 6.07) is 7.87. The van der Waals surface area contributed by atoms with Crippen LogP contribution in [0.1, 0.15) is 28.9 Å². The number of aromatic nitrogens is 2. The van der Waals surface area contributed by atoms with E-state index >= 15 is 0 Å². The lowest BCUT2D eigenvalue weighted by Gasteiger charge is -2.11. The number of hydrogen-bond acceptors (Lipinski definition) is 5. The Bertz CT molecular complexity index is 694. The molecule has 0 saturated heterocycles. The summed E-state index contributed by atoms with van der Waals surface area (Å²) >= 11 is 1.53. The Morgan fingerprint density at radius 1 is 1.12 bits per heavy atom. The lowest BCUT2D eigenvalue weighted by atomic mass is 10.1. The van der Waals surface area contributed by atoms with Gasteiger partial charge in [0.15, 0.2) is 5.16 Å². The minimum atomic E-state index is 0.0141. The van der Waals surface area contributed by atoms with Crippen LogP contribution in [0.5, 0.6) is 5.75 Å². The molecule has 6 heteroatoms. The minimum Gasteiger partial charge on any atom is -0.492 e. The summed E-state index contributed by atoms with van der Waals surface area (Å²) in [7, 11) is 0. The van der Waals surface area contributed by atoms with Crippen LogP contribution in [0.25, 0.3) is 0 Å². The van der Waals surface area contributed by atoms with Crippen molar-refractivity contribution in [1.82, 2.24) is 15.3 Å². The summed E-state index contributed by atoms with van der Waals surface area (Å²) in [5.41, 5.74) is 4.16. The van der Waals surface area contributed by atoms with E-state index in [4.69, 9.17) is 4.74 Å². The number of hydrogen-bond donors (Lipinski definition) is 1. The number of carbonyl (C=O) groups excluding carboxylic acids is 1. The Labute approximate surface area is 153 Å². The maximum absolute atomic E-state index is 12.0. The van der Waals surface area contributed by atoms with Gasteiger partial charge in [0.25, 0.3) is 0 Å². The number of nitrogens with zero attached hydrogens (tertiary/aromatic N) is 2. The molecule has 1 aromatic carbocycles. The smallest absolute Gasteiger partial charge is 0.220 e. The Balaban J connectivity index is 1.73. The predicted octanol–water partition coefficient (Wildman–Crippen LogP) is 3.25. The Morgan fingerprint density at radius 2 is 1.76 bits per heavy atom. The molecule has 1 N–H and O–H groups in total. The van der Waals surface area contributed by atoms with Crippen molar-refractivity contribution in [2.45, 2.75) is 38.8 Å². The average Bonchev–Trinajstić information content (AvgIpc) is 2.59. The molecule has 0 radical (unpaired) electrons. The zero-order chi connectivity index (χ0) is 18.2. The molecule has 5 nitrogen and oxygen atoms in total. The molecule has 1 amide bonds. The van der Waals surface area contributed by atoms with E-state index in [-0.39, 0.29) is 5.91 Å². The van der Waals surface area contributed by atoms with Crippen molar-refractivity contribution in [2.75, 3.05) is 19.4 Å². The lowest BCUT2D eigenvalue weighted by Crippen LogP contribution is -2.28. The van der Waals surface area contributed by atoms with Crippen LogP contribution < -0.4 is 10.1 Å². The van der Waals surface area contributed by atoms with Gasteiger partial charge in [-0.3, -0.25) is 4.79 Å². The zero-order valence-electron chi connectivity index (χ0n) is 15.3. The zero-order valence-corrected chi connectivity index (χ0v) is 16.1. The number of rotatable bonds is 8. The summed E-state index contributed by atoms with van der Waals surface area (Å²) in [6.45, 7) is 6.92. The number of carbonyl (C=O) groups is 1. The molecule has 134 valence electrons. The minimum absolute atomic E-state index is 0.0141. The second kappa shape index (κ2) is 9.42. The van der Waals surface area contributed by atoms with Gasteiger partial charge in [-0.05, 0) is 51.1 Å². The van der Waals surface area contributed by atoms with Gasteiger partial charge in [-0.15, -0.1) is 0 Å². The third-order valence-electron chi connectivity index (χ3n) is 3.90. The van der Waals surface area contributed by atoms with E-state index in [0.29, 0.717) is 26.0 Å². The van der Waals surface area contributed by atoms with Gasteiger partial charge >= 0.3 is 0 Å². The molecule has 0 aliphatic carbocycles. The Hall–Kier alpha value is -2.08. The van der Waals surface area contributed by atoms with Crippen molar-refractivity contribution in [2.24, 2.45) is 0 Å². The summed E-state index contributed by atoms with van der Waals surface area (Å²) < 4.78 is 5.60. The number of ether oxygens (including phenoxy) is 1. The number of amides is 1. The van der Waals surface area contributed by atoms with Gasteiger partial charge in [0.05, 0.1) is 6.54 Å². The highest BCUT2D eigenvalue weighted by Gasteiger charge is 2.10. The molecule has 25 heavy (non-hydrogen) atoms. The van der Waals surface area contributed by atoms with Crippen LogP contribution in [0.15, 0.2) is 29.4 Å². The molecule has 1 aromatic heterocycles. The van der Waals surface area contributed by atoms with Crippen LogP contribution in [0.2, 0.25) is 0 Å². The summed E-state index contributed by atoms with van der Waals surface area (Å²) in [4.78, 5) is 20.9. The number of benzene rings is 1. The van der Waals surface area contributed by atoms with E-state index in [1.807, 2.05) is 51.3 Å². The fraction of sp³-hybridized carbons (Fsp3) is 0.421. The summed E-state index contributed by atoms with van der Waals surface area (Å²) in [5.74, 6) is 0.831. The largest absolute Gasteiger partial charge is 0.492 e. The number of thioether (sulfide) groups is 1. The first kappa shape index (κ1) is 19.2. The second-order valence-corrected chi connectivity index (χ2v) is 6.64. The molecule has 0 fully saturated rings. The van der Waals surface area contributed by atoms with Gasteiger partial charge in [-0.1, -0.05) is 29.5 Å². The molecular weight excluding hydrogens is 334 g/mol. The third kappa shape index (κ3) is 6.05. The maximum atomic E-state index is 12.0. The Morgan fingerprint density at radius 3 is 2.36 bits per heavy atom. The van der Waals surface area contributed by atoms with Gasteiger partial charge in [-0.2, -0.15) is 0 Å². The quantitative estimate of drug-likeness (QED) is 0.445. The molecule has 0 bridgehead atoms. The van der Waals surface area contributed by atoms with Gasteiger partial charge < -0.3 is 10.1 Å². The fourth-order valence-electron chi connectivity index (χ4n) is 2.48. The summed E-state index contributed by atoms with van der Waals surface area (Å²) in [6.07, 6.45) is 3.03. The van der Waals surface area contributed by atoms with Crippen LogP contribution in [-0.4, -0.2) is 35.3 Å². The molecule has 0 saturated carbocycles. The molecule has 0 atom stereocenters. The van der Waals surface area contributed by atoms with Crippen LogP contribution >= 0.6 is 11.8 Å². The molecule has 2 aromatic rings. The fourth-order valence-corrected chi connectivity index (χ4v) is 2.94. The first-order chi connectivity index (χ1) is 12.0.